The number of carboxylic acids is 1. The van der Waals surface area contributed by atoms with Crippen molar-refractivity contribution in [1.29, 1.82) is 0 Å². The van der Waals surface area contributed by atoms with Crippen molar-refractivity contribution in [2.75, 3.05) is 13.1 Å². The lowest BCUT2D eigenvalue weighted by Gasteiger charge is -2.34. The molecule has 1 N–H and O–H groups in total. The van der Waals surface area contributed by atoms with Crippen LogP contribution in [0.1, 0.15) is 23.7 Å². The van der Waals surface area contributed by atoms with Crippen LogP contribution in [0.3, 0.4) is 0 Å². The van der Waals surface area contributed by atoms with Gasteiger partial charge in [0.1, 0.15) is 5.56 Å². The van der Waals surface area contributed by atoms with Gasteiger partial charge in [0.15, 0.2) is 0 Å². The number of amides is 1. The van der Waals surface area contributed by atoms with Crippen LogP contribution in [0.5, 0.6) is 0 Å². The number of carboxylic acid groups (broad SMARTS) is 1. The maximum Gasteiger partial charge on any atom is 0.308 e. The number of hydrogen-bond donors (Lipinski definition) is 1. The van der Waals surface area contributed by atoms with E-state index in [4.69, 9.17) is 5.11 Å². The van der Waals surface area contributed by atoms with E-state index in [1.807, 2.05) is 6.92 Å². The first-order valence-electron chi connectivity index (χ1n) is 6.75. The van der Waals surface area contributed by atoms with Crippen LogP contribution in [0.15, 0.2) is 22.7 Å². The predicted molar refractivity (Wildman–Crippen MR) is 81.6 cm³/mol. The number of hydrogen-bond acceptors (Lipinski definition) is 4. The number of aliphatic carboxylic acids is 1. The Kier molecular flexibility index (Phi) is 4.80. The Morgan fingerprint density at radius 2 is 2.09 bits per heavy atom. The molecule has 22 heavy (non-hydrogen) atoms. The number of likely N-dealkylation sites (tertiary alicyclic amines) is 1. The van der Waals surface area contributed by atoms with E-state index < -0.39 is 22.7 Å². The minimum atomic E-state index is -0.949. The second kappa shape index (κ2) is 6.43. The van der Waals surface area contributed by atoms with Crippen LogP contribution >= 0.6 is 15.9 Å². The fourth-order valence-corrected chi connectivity index (χ4v) is 3.05. The molecule has 1 aromatic rings. The summed E-state index contributed by atoms with van der Waals surface area (Å²) in [6.45, 7) is 2.34. The van der Waals surface area contributed by atoms with Crippen molar-refractivity contribution in [2.24, 2.45) is 11.8 Å². The molecular weight excluding hydrogens is 356 g/mol. The lowest BCUT2D eigenvalue weighted by Crippen LogP contribution is -2.45. The van der Waals surface area contributed by atoms with Crippen LogP contribution in [0.4, 0.5) is 5.69 Å². The molecule has 1 fully saturated rings. The largest absolute Gasteiger partial charge is 0.481 e. The highest BCUT2D eigenvalue weighted by Crippen LogP contribution is 2.28. The normalized spacial score (nSPS) is 21.5. The second-order valence-electron chi connectivity index (χ2n) is 5.50. The quantitative estimate of drug-likeness (QED) is 0.650. The molecule has 1 heterocycles. The van der Waals surface area contributed by atoms with Crippen LogP contribution in [-0.4, -0.2) is 39.9 Å². The SMILES string of the molecule is CC1CC(C(=O)O)CN(C(=O)c2ccc(Br)cc2[N+](=O)[O-])C1. The number of nitrogens with zero attached hydrogens (tertiary/aromatic N) is 2. The Balaban J connectivity index is 2.31. The molecule has 1 saturated heterocycles. The zero-order valence-electron chi connectivity index (χ0n) is 11.9. The zero-order chi connectivity index (χ0) is 16.4. The third-order valence-corrected chi connectivity index (χ3v) is 4.18. The standard InChI is InChI=1S/C14H15BrN2O5/c1-8-4-9(14(19)20)7-16(6-8)13(18)11-3-2-10(15)5-12(11)17(21)22/h2-3,5,8-9H,4,6-7H2,1H3,(H,19,20). The Morgan fingerprint density at radius 1 is 1.41 bits per heavy atom. The van der Waals surface area contributed by atoms with Gasteiger partial charge < -0.3 is 10.0 Å². The molecule has 2 atom stereocenters. The summed E-state index contributed by atoms with van der Waals surface area (Å²) >= 11 is 3.14. The van der Waals surface area contributed by atoms with Crippen molar-refractivity contribution in [3.05, 3.63) is 38.3 Å². The fraction of sp³-hybridized carbons (Fsp3) is 0.429. The fourth-order valence-electron chi connectivity index (χ4n) is 2.70. The number of benzene rings is 1. The molecule has 0 spiro atoms. The second-order valence-corrected chi connectivity index (χ2v) is 6.42. The van der Waals surface area contributed by atoms with Crippen molar-refractivity contribution in [2.45, 2.75) is 13.3 Å². The molecule has 0 aliphatic carbocycles. The van der Waals surface area contributed by atoms with Crippen molar-refractivity contribution in [3.63, 3.8) is 0 Å². The minimum absolute atomic E-state index is 0.0218. The van der Waals surface area contributed by atoms with E-state index in [1.165, 1.54) is 17.0 Å². The summed E-state index contributed by atoms with van der Waals surface area (Å²) in [6.07, 6.45) is 0.502. The molecule has 1 aliphatic rings. The number of nitro benzene ring substituents is 1. The topological polar surface area (TPSA) is 101 Å². The number of carbonyl (C=O) groups is 2. The minimum Gasteiger partial charge on any atom is -0.481 e. The molecule has 0 aromatic heterocycles. The first-order chi connectivity index (χ1) is 10.3. The van der Waals surface area contributed by atoms with Gasteiger partial charge in [-0.1, -0.05) is 22.9 Å². The van der Waals surface area contributed by atoms with Crippen molar-refractivity contribution in [3.8, 4) is 0 Å². The molecule has 1 aromatic carbocycles. The number of rotatable bonds is 3. The summed E-state index contributed by atoms with van der Waals surface area (Å²) in [5.41, 5.74) is -0.309. The van der Waals surface area contributed by atoms with E-state index in [0.717, 1.165) is 0 Å². The summed E-state index contributed by atoms with van der Waals surface area (Å²) in [6, 6.07) is 4.22. The average molecular weight is 371 g/mol. The summed E-state index contributed by atoms with van der Waals surface area (Å²) in [7, 11) is 0. The van der Waals surface area contributed by atoms with E-state index in [2.05, 4.69) is 15.9 Å². The predicted octanol–water partition coefficient (Wildman–Crippen LogP) is 2.54. The van der Waals surface area contributed by atoms with E-state index in [9.17, 15) is 19.7 Å². The van der Waals surface area contributed by atoms with Gasteiger partial charge in [-0.25, -0.2) is 0 Å². The Morgan fingerprint density at radius 3 is 2.68 bits per heavy atom. The number of halogens is 1. The molecule has 1 amide bonds. The molecule has 2 rings (SSSR count). The van der Waals surface area contributed by atoms with Gasteiger partial charge in [0.2, 0.25) is 0 Å². The molecular formula is C14H15BrN2O5. The van der Waals surface area contributed by atoms with Crippen LogP contribution in [-0.2, 0) is 4.79 Å². The summed E-state index contributed by atoms with van der Waals surface area (Å²) in [5, 5.41) is 20.3. The monoisotopic (exact) mass is 370 g/mol. The highest BCUT2D eigenvalue weighted by Gasteiger charge is 2.34. The maximum absolute atomic E-state index is 12.6. The van der Waals surface area contributed by atoms with Gasteiger partial charge in [-0.2, -0.15) is 0 Å². The van der Waals surface area contributed by atoms with Gasteiger partial charge in [0.05, 0.1) is 10.8 Å². The lowest BCUT2D eigenvalue weighted by molar-refractivity contribution is -0.385. The first kappa shape index (κ1) is 16.4. The molecule has 1 aliphatic heterocycles. The molecule has 0 saturated carbocycles. The van der Waals surface area contributed by atoms with E-state index in [-0.39, 0.29) is 23.7 Å². The Hall–Kier alpha value is -1.96. The van der Waals surface area contributed by atoms with Gasteiger partial charge in [0.25, 0.3) is 11.6 Å². The van der Waals surface area contributed by atoms with Gasteiger partial charge in [0, 0.05) is 23.6 Å². The summed E-state index contributed by atoms with van der Waals surface area (Å²) in [5.74, 6) is -2.05. The van der Waals surface area contributed by atoms with Gasteiger partial charge in [-0.05, 0) is 24.5 Å². The lowest BCUT2D eigenvalue weighted by atomic mass is 9.90. The number of piperidine rings is 1. The molecule has 7 nitrogen and oxygen atoms in total. The maximum atomic E-state index is 12.6. The van der Waals surface area contributed by atoms with Crippen LogP contribution in [0.25, 0.3) is 0 Å². The van der Waals surface area contributed by atoms with Gasteiger partial charge in [-0.3, -0.25) is 19.7 Å². The van der Waals surface area contributed by atoms with Crippen LogP contribution < -0.4 is 0 Å². The molecule has 2 unspecified atom stereocenters. The Bertz CT molecular complexity index is 634. The third-order valence-electron chi connectivity index (χ3n) is 3.68. The van der Waals surface area contributed by atoms with Crippen molar-refractivity contribution >= 4 is 33.5 Å². The third kappa shape index (κ3) is 3.44. The van der Waals surface area contributed by atoms with Crippen LogP contribution in [0, 0.1) is 22.0 Å². The summed E-state index contributed by atoms with van der Waals surface area (Å²) in [4.78, 5) is 35.6. The molecule has 8 heteroatoms. The number of carbonyl (C=O) groups excluding carboxylic acids is 1. The van der Waals surface area contributed by atoms with E-state index in [0.29, 0.717) is 17.4 Å². The highest BCUT2D eigenvalue weighted by atomic mass is 79.9. The zero-order valence-corrected chi connectivity index (χ0v) is 13.4. The van der Waals surface area contributed by atoms with Crippen molar-refractivity contribution < 1.29 is 19.6 Å². The molecule has 0 bridgehead atoms. The van der Waals surface area contributed by atoms with Crippen molar-refractivity contribution in [1.82, 2.24) is 4.90 Å². The smallest absolute Gasteiger partial charge is 0.308 e. The molecule has 118 valence electrons. The summed E-state index contributed by atoms with van der Waals surface area (Å²) < 4.78 is 0.506. The molecule has 0 radical (unpaired) electrons. The number of nitro groups is 1. The average Bonchev–Trinajstić information content (AvgIpc) is 2.45. The van der Waals surface area contributed by atoms with Gasteiger partial charge >= 0.3 is 5.97 Å². The highest BCUT2D eigenvalue weighted by molar-refractivity contribution is 9.10. The Labute approximate surface area is 135 Å². The van der Waals surface area contributed by atoms with E-state index in [1.54, 1.807) is 6.07 Å². The van der Waals surface area contributed by atoms with E-state index >= 15 is 0 Å². The van der Waals surface area contributed by atoms with Gasteiger partial charge in [-0.15, -0.1) is 0 Å². The van der Waals surface area contributed by atoms with Crippen LogP contribution in [0.2, 0.25) is 0 Å². The first-order valence-corrected chi connectivity index (χ1v) is 7.55.